The second kappa shape index (κ2) is 11.7. The van der Waals surface area contributed by atoms with Gasteiger partial charge in [0.2, 0.25) is 5.91 Å². The summed E-state index contributed by atoms with van der Waals surface area (Å²) in [5.74, 6) is -0.0465. The van der Waals surface area contributed by atoms with Gasteiger partial charge in [-0.25, -0.2) is 4.98 Å². The van der Waals surface area contributed by atoms with Crippen LogP contribution in [0.5, 0.6) is 0 Å². The summed E-state index contributed by atoms with van der Waals surface area (Å²) in [6.07, 6.45) is 0.363. The predicted octanol–water partition coefficient (Wildman–Crippen LogP) is 4.91. The van der Waals surface area contributed by atoms with Gasteiger partial charge in [0.25, 0.3) is 5.56 Å². The van der Waals surface area contributed by atoms with Gasteiger partial charge in [-0.1, -0.05) is 55.4 Å². The molecule has 0 unspecified atom stereocenters. The van der Waals surface area contributed by atoms with E-state index >= 15 is 0 Å². The number of nitrogens with zero attached hydrogens (tertiary/aromatic N) is 5. The SMILES string of the molecule is CC(C)c1ccccc1-n1c(SCC(=O)N(CCC#N)CCC#N)nc2cc(Cl)ccc2c1=O. The van der Waals surface area contributed by atoms with Gasteiger partial charge in [0.1, 0.15) is 0 Å². The zero-order chi connectivity index (χ0) is 24.7. The molecule has 9 heteroatoms. The number of fused-ring (bicyclic) bond motifs is 1. The van der Waals surface area contributed by atoms with Crippen LogP contribution in [-0.4, -0.2) is 39.2 Å². The third-order valence-electron chi connectivity index (χ3n) is 5.26. The van der Waals surface area contributed by atoms with E-state index in [1.165, 1.54) is 4.90 Å². The van der Waals surface area contributed by atoms with Crippen LogP contribution in [0, 0.1) is 22.7 Å². The first kappa shape index (κ1) is 25.3. The number of rotatable bonds is 9. The van der Waals surface area contributed by atoms with Crippen LogP contribution in [0.25, 0.3) is 16.6 Å². The molecule has 0 radical (unpaired) electrons. The summed E-state index contributed by atoms with van der Waals surface area (Å²) < 4.78 is 1.55. The molecule has 1 amide bonds. The first-order chi connectivity index (χ1) is 16.4. The molecule has 34 heavy (non-hydrogen) atoms. The first-order valence-electron chi connectivity index (χ1n) is 10.8. The fourth-order valence-electron chi connectivity index (χ4n) is 3.58. The quantitative estimate of drug-likeness (QED) is 0.310. The molecule has 7 nitrogen and oxygen atoms in total. The normalized spacial score (nSPS) is 10.8. The van der Waals surface area contributed by atoms with Crippen LogP contribution in [0.1, 0.15) is 38.2 Å². The number of amides is 1. The maximum atomic E-state index is 13.6. The van der Waals surface area contributed by atoms with E-state index in [-0.39, 0.29) is 49.1 Å². The smallest absolute Gasteiger partial charge is 0.266 e. The minimum atomic E-state index is -0.240. The average molecular weight is 494 g/mol. The van der Waals surface area contributed by atoms with Gasteiger partial charge in [-0.15, -0.1) is 0 Å². The van der Waals surface area contributed by atoms with Crippen LogP contribution in [0.4, 0.5) is 0 Å². The monoisotopic (exact) mass is 493 g/mol. The highest BCUT2D eigenvalue weighted by atomic mass is 35.5. The molecular weight excluding hydrogens is 470 g/mol. The Morgan fingerprint density at radius 1 is 1.15 bits per heavy atom. The minimum absolute atomic E-state index is 0.0131. The maximum Gasteiger partial charge on any atom is 0.266 e. The van der Waals surface area contributed by atoms with Crippen molar-refractivity contribution in [2.75, 3.05) is 18.8 Å². The third-order valence-corrected chi connectivity index (χ3v) is 6.42. The van der Waals surface area contributed by atoms with E-state index < -0.39 is 0 Å². The van der Waals surface area contributed by atoms with Gasteiger partial charge in [0.15, 0.2) is 5.16 Å². The molecule has 2 aromatic carbocycles. The van der Waals surface area contributed by atoms with Gasteiger partial charge in [-0.2, -0.15) is 10.5 Å². The number of para-hydroxylation sites is 1. The van der Waals surface area contributed by atoms with Crippen LogP contribution >= 0.6 is 23.4 Å². The summed E-state index contributed by atoms with van der Waals surface area (Å²) >= 11 is 7.30. The Morgan fingerprint density at radius 2 is 1.82 bits per heavy atom. The van der Waals surface area contributed by atoms with Crippen molar-refractivity contribution >= 4 is 40.2 Å². The largest absolute Gasteiger partial charge is 0.340 e. The fourth-order valence-corrected chi connectivity index (χ4v) is 4.65. The second-order valence-corrected chi connectivity index (χ2v) is 9.27. The molecule has 0 bridgehead atoms. The predicted molar refractivity (Wildman–Crippen MR) is 134 cm³/mol. The van der Waals surface area contributed by atoms with Crippen molar-refractivity contribution in [2.24, 2.45) is 0 Å². The maximum absolute atomic E-state index is 13.6. The highest BCUT2D eigenvalue weighted by molar-refractivity contribution is 7.99. The zero-order valence-corrected chi connectivity index (χ0v) is 20.6. The van der Waals surface area contributed by atoms with Crippen molar-refractivity contribution in [3.05, 3.63) is 63.4 Å². The molecular formula is C25H24ClN5O2S. The van der Waals surface area contributed by atoms with Crippen LogP contribution in [-0.2, 0) is 4.79 Å². The molecule has 174 valence electrons. The molecule has 0 saturated carbocycles. The number of aromatic nitrogens is 2. The summed E-state index contributed by atoms with van der Waals surface area (Å²) in [6.45, 7) is 4.61. The molecule has 0 spiro atoms. The highest BCUT2D eigenvalue weighted by Gasteiger charge is 2.20. The molecule has 1 aromatic heterocycles. The van der Waals surface area contributed by atoms with Crippen molar-refractivity contribution in [3.8, 4) is 17.8 Å². The van der Waals surface area contributed by atoms with Crippen molar-refractivity contribution in [3.63, 3.8) is 0 Å². The van der Waals surface area contributed by atoms with E-state index in [4.69, 9.17) is 27.1 Å². The number of halogens is 1. The zero-order valence-electron chi connectivity index (χ0n) is 19.0. The molecule has 0 fully saturated rings. The lowest BCUT2D eigenvalue weighted by Crippen LogP contribution is -2.34. The van der Waals surface area contributed by atoms with E-state index in [0.717, 1.165) is 17.3 Å². The number of carbonyl (C=O) groups excluding carboxylic acids is 1. The minimum Gasteiger partial charge on any atom is -0.340 e. The molecule has 3 rings (SSSR count). The van der Waals surface area contributed by atoms with Crippen molar-refractivity contribution < 1.29 is 4.79 Å². The first-order valence-corrected chi connectivity index (χ1v) is 12.2. The van der Waals surface area contributed by atoms with E-state index in [1.807, 2.05) is 36.4 Å². The molecule has 0 saturated heterocycles. The second-order valence-electron chi connectivity index (χ2n) is 7.90. The lowest BCUT2D eigenvalue weighted by Gasteiger charge is -2.21. The molecule has 3 aromatic rings. The number of hydrogen-bond acceptors (Lipinski definition) is 6. The van der Waals surface area contributed by atoms with Crippen LogP contribution in [0.2, 0.25) is 5.02 Å². The number of nitriles is 2. The van der Waals surface area contributed by atoms with E-state index in [0.29, 0.717) is 26.8 Å². The molecule has 1 heterocycles. The Morgan fingerprint density at radius 3 is 2.47 bits per heavy atom. The van der Waals surface area contributed by atoms with Crippen LogP contribution in [0.3, 0.4) is 0 Å². The van der Waals surface area contributed by atoms with Gasteiger partial charge in [-0.05, 0) is 35.7 Å². The summed E-state index contributed by atoms with van der Waals surface area (Å²) in [5, 5.41) is 19.1. The Labute approximate surface area is 207 Å². The Balaban J connectivity index is 2.07. The Kier molecular flexibility index (Phi) is 8.70. The number of thioether (sulfide) groups is 1. The van der Waals surface area contributed by atoms with Gasteiger partial charge in [0, 0.05) is 18.1 Å². The van der Waals surface area contributed by atoms with Crippen LogP contribution < -0.4 is 5.56 Å². The standard InChI is InChI=1S/C25H24ClN5O2S/c1-17(2)19-7-3-4-8-22(19)31-24(33)20-10-9-18(26)15-21(20)29-25(31)34-16-23(32)30(13-5-11-27)14-6-12-28/h3-4,7-10,15,17H,5-6,13-14,16H2,1-2H3. The Hall–Kier alpha value is -3.33. The van der Waals surface area contributed by atoms with Gasteiger partial charge < -0.3 is 4.90 Å². The molecule has 0 aliphatic carbocycles. The summed E-state index contributed by atoms with van der Waals surface area (Å²) in [5.41, 5.74) is 1.91. The molecule has 0 N–H and O–H groups in total. The molecule has 0 aliphatic rings. The van der Waals surface area contributed by atoms with E-state index in [9.17, 15) is 9.59 Å². The van der Waals surface area contributed by atoms with E-state index in [1.54, 1.807) is 22.8 Å². The van der Waals surface area contributed by atoms with Crippen molar-refractivity contribution in [1.29, 1.82) is 10.5 Å². The van der Waals surface area contributed by atoms with Gasteiger partial charge in [-0.3, -0.25) is 14.2 Å². The lowest BCUT2D eigenvalue weighted by molar-refractivity contribution is -0.128. The summed E-state index contributed by atoms with van der Waals surface area (Å²) in [7, 11) is 0. The topological polar surface area (TPSA) is 103 Å². The van der Waals surface area contributed by atoms with Gasteiger partial charge >= 0.3 is 0 Å². The van der Waals surface area contributed by atoms with Crippen LogP contribution in [0.15, 0.2) is 52.4 Å². The van der Waals surface area contributed by atoms with Crippen molar-refractivity contribution in [1.82, 2.24) is 14.5 Å². The fraction of sp³-hybridized carbons (Fsp3) is 0.320. The summed E-state index contributed by atoms with van der Waals surface area (Å²) in [4.78, 5) is 32.7. The number of benzene rings is 2. The van der Waals surface area contributed by atoms with Crippen molar-refractivity contribution in [2.45, 2.75) is 37.8 Å². The number of hydrogen-bond donors (Lipinski definition) is 0. The highest BCUT2D eigenvalue weighted by Crippen LogP contribution is 2.28. The molecule has 0 aliphatic heterocycles. The molecule has 0 atom stereocenters. The Bertz CT molecular complexity index is 1320. The summed E-state index contributed by atoms with van der Waals surface area (Å²) in [6, 6.07) is 16.7. The number of carbonyl (C=O) groups is 1. The average Bonchev–Trinajstić information content (AvgIpc) is 2.82. The van der Waals surface area contributed by atoms with Gasteiger partial charge in [0.05, 0.1) is 47.3 Å². The third kappa shape index (κ3) is 5.77. The van der Waals surface area contributed by atoms with E-state index in [2.05, 4.69) is 13.8 Å². The lowest BCUT2D eigenvalue weighted by atomic mass is 10.0.